The van der Waals surface area contributed by atoms with E-state index in [1.165, 1.54) is 6.20 Å². The van der Waals surface area contributed by atoms with E-state index in [0.717, 1.165) is 11.4 Å². The maximum atomic E-state index is 12.4. The average Bonchev–Trinajstić information content (AvgIpc) is 2.46. The van der Waals surface area contributed by atoms with Gasteiger partial charge in [-0.2, -0.15) is 0 Å². The Balaban J connectivity index is 2.31. The molecule has 0 atom stereocenters. The van der Waals surface area contributed by atoms with Crippen LogP contribution in [0, 0.1) is 6.92 Å². The van der Waals surface area contributed by atoms with Crippen LogP contribution in [0.5, 0.6) is 0 Å². The maximum Gasteiger partial charge on any atom is 0.278 e. The summed E-state index contributed by atoms with van der Waals surface area (Å²) in [5, 5.41) is 0. The first-order chi connectivity index (χ1) is 9.22. The molecular weight excluding hydrogens is 238 g/mol. The van der Waals surface area contributed by atoms with E-state index in [0.29, 0.717) is 12.2 Å². The molecule has 1 amide bonds. The molecule has 4 nitrogen and oxygen atoms in total. The van der Waals surface area contributed by atoms with E-state index in [1.54, 1.807) is 17.2 Å². The van der Waals surface area contributed by atoms with Crippen LogP contribution in [0.15, 0.2) is 55.4 Å². The third kappa shape index (κ3) is 3.04. The molecule has 0 bridgehead atoms. The number of carbonyl (C=O) groups excluding carboxylic acids is 1. The van der Waals surface area contributed by atoms with Crippen LogP contribution in [-0.2, 0) is 0 Å². The van der Waals surface area contributed by atoms with Crippen LogP contribution < -0.4 is 4.90 Å². The highest BCUT2D eigenvalue weighted by molar-refractivity contribution is 6.04. The third-order valence-corrected chi connectivity index (χ3v) is 2.62. The molecule has 0 saturated heterocycles. The SMILES string of the molecule is C=CCN(C(=O)c1cnc(C)cn1)c1ccccc1. The molecule has 19 heavy (non-hydrogen) atoms. The van der Waals surface area contributed by atoms with E-state index in [9.17, 15) is 4.79 Å². The molecule has 0 aliphatic heterocycles. The van der Waals surface area contributed by atoms with E-state index >= 15 is 0 Å². The van der Waals surface area contributed by atoms with E-state index in [-0.39, 0.29) is 5.91 Å². The van der Waals surface area contributed by atoms with E-state index in [2.05, 4.69) is 16.5 Å². The lowest BCUT2D eigenvalue weighted by Gasteiger charge is -2.20. The second-order valence-corrected chi connectivity index (χ2v) is 4.08. The van der Waals surface area contributed by atoms with Gasteiger partial charge in [0.2, 0.25) is 0 Å². The smallest absolute Gasteiger partial charge is 0.278 e. The molecule has 0 unspecified atom stereocenters. The molecule has 0 spiro atoms. The highest BCUT2D eigenvalue weighted by Gasteiger charge is 2.17. The first-order valence-electron chi connectivity index (χ1n) is 5.99. The van der Waals surface area contributed by atoms with Crippen molar-refractivity contribution in [3.63, 3.8) is 0 Å². The first kappa shape index (κ1) is 13.0. The van der Waals surface area contributed by atoms with Gasteiger partial charge in [0.05, 0.1) is 11.9 Å². The Kier molecular flexibility index (Phi) is 4.03. The summed E-state index contributed by atoms with van der Waals surface area (Å²) in [6.07, 6.45) is 4.77. The Bertz CT molecular complexity index is 564. The number of hydrogen-bond acceptors (Lipinski definition) is 3. The van der Waals surface area contributed by atoms with Gasteiger partial charge in [0.25, 0.3) is 5.91 Å². The van der Waals surface area contributed by atoms with Crippen LogP contribution in [0.3, 0.4) is 0 Å². The lowest BCUT2D eigenvalue weighted by Crippen LogP contribution is -2.31. The molecule has 1 heterocycles. The van der Waals surface area contributed by atoms with E-state index < -0.39 is 0 Å². The van der Waals surface area contributed by atoms with Gasteiger partial charge >= 0.3 is 0 Å². The Morgan fingerprint density at radius 2 is 2.00 bits per heavy atom. The summed E-state index contributed by atoms with van der Waals surface area (Å²) in [7, 11) is 0. The van der Waals surface area contributed by atoms with Gasteiger partial charge in [-0.25, -0.2) is 4.98 Å². The zero-order valence-electron chi connectivity index (χ0n) is 10.8. The van der Waals surface area contributed by atoms with Crippen LogP contribution in [0.25, 0.3) is 0 Å². The van der Waals surface area contributed by atoms with Crippen molar-refractivity contribution in [1.82, 2.24) is 9.97 Å². The maximum absolute atomic E-state index is 12.4. The number of rotatable bonds is 4. The van der Waals surface area contributed by atoms with Crippen LogP contribution >= 0.6 is 0 Å². The van der Waals surface area contributed by atoms with Crippen molar-refractivity contribution in [3.8, 4) is 0 Å². The zero-order valence-corrected chi connectivity index (χ0v) is 10.8. The van der Waals surface area contributed by atoms with Gasteiger partial charge in [0.15, 0.2) is 0 Å². The Morgan fingerprint density at radius 1 is 1.26 bits per heavy atom. The van der Waals surface area contributed by atoms with Crippen molar-refractivity contribution in [2.75, 3.05) is 11.4 Å². The summed E-state index contributed by atoms with van der Waals surface area (Å²) in [5.74, 6) is -0.182. The molecule has 96 valence electrons. The van der Waals surface area contributed by atoms with Crippen molar-refractivity contribution in [2.45, 2.75) is 6.92 Å². The normalized spacial score (nSPS) is 9.95. The molecule has 0 saturated carbocycles. The molecular formula is C15H15N3O. The quantitative estimate of drug-likeness (QED) is 0.787. The second kappa shape index (κ2) is 5.91. The number of anilines is 1. The zero-order chi connectivity index (χ0) is 13.7. The number of aromatic nitrogens is 2. The summed E-state index contributed by atoms with van der Waals surface area (Å²) in [6, 6.07) is 9.44. The molecule has 1 aromatic carbocycles. The Morgan fingerprint density at radius 3 is 2.58 bits per heavy atom. The summed E-state index contributed by atoms with van der Waals surface area (Å²) in [5.41, 5.74) is 1.93. The van der Waals surface area contributed by atoms with Crippen LogP contribution in [0.2, 0.25) is 0 Å². The van der Waals surface area contributed by atoms with Crippen molar-refractivity contribution in [1.29, 1.82) is 0 Å². The van der Waals surface area contributed by atoms with Gasteiger partial charge in [-0.15, -0.1) is 6.58 Å². The van der Waals surface area contributed by atoms with Crippen molar-refractivity contribution < 1.29 is 4.79 Å². The Hall–Kier alpha value is -2.49. The largest absolute Gasteiger partial charge is 0.303 e. The van der Waals surface area contributed by atoms with Gasteiger partial charge in [0.1, 0.15) is 5.69 Å². The fourth-order valence-corrected chi connectivity index (χ4v) is 1.68. The number of benzene rings is 1. The topological polar surface area (TPSA) is 46.1 Å². The fourth-order valence-electron chi connectivity index (χ4n) is 1.68. The summed E-state index contributed by atoms with van der Waals surface area (Å²) < 4.78 is 0. The highest BCUT2D eigenvalue weighted by Crippen LogP contribution is 2.15. The molecule has 0 aliphatic rings. The number of aryl methyl sites for hydroxylation is 1. The standard InChI is InChI=1S/C15H15N3O/c1-3-9-18(13-7-5-4-6-8-13)15(19)14-11-16-12(2)10-17-14/h3-8,10-11H,1,9H2,2H3. The van der Waals surface area contributed by atoms with Crippen molar-refractivity contribution in [3.05, 3.63) is 66.8 Å². The molecule has 2 rings (SSSR count). The monoisotopic (exact) mass is 253 g/mol. The first-order valence-corrected chi connectivity index (χ1v) is 5.99. The van der Waals surface area contributed by atoms with Gasteiger partial charge in [-0.1, -0.05) is 24.3 Å². The van der Waals surface area contributed by atoms with Crippen molar-refractivity contribution in [2.24, 2.45) is 0 Å². The predicted molar refractivity (Wildman–Crippen MR) is 75.1 cm³/mol. The lowest BCUT2D eigenvalue weighted by atomic mass is 10.2. The average molecular weight is 253 g/mol. The molecule has 0 fully saturated rings. The van der Waals surface area contributed by atoms with E-state index in [4.69, 9.17) is 0 Å². The minimum absolute atomic E-state index is 0.182. The molecule has 0 radical (unpaired) electrons. The predicted octanol–water partition coefficient (Wildman–Crippen LogP) is 2.62. The number of carbonyl (C=O) groups is 1. The van der Waals surface area contributed by atoms with Gasteiger partial charge in [0, 0.05) is 18.4 Å². The summed E-state index contributed by atoms with van der Waals surface area (Å²) >= 11 is 0. The van der Waals surface area contributed by atoms with E-state index in [1.807, 2.05) is 37.3 Å². The fraction of sp³-hybridized carbons (Fsp3) is 0.133. The number of amides is 1. The molecule has 4 heteroatoms. The van der Waals surface area contributed by atoms with Crippen LogP contribution in [0.4, 0.5) is 5.69 Å². The minimum atomic E-state index is -0.182. The summed E-state index contributed by atoms with van der Waals surface area (Å²) in [4.78, 5) is 22.3. The van der Waals surface area contributed by atoms with Crippen LogP contribution in [-0.4, -0.2) is 22.4 Å². The van der Waals surface area contributed by atoms with Gasteiger partial charge in [-0.05, 0) is 19.1 Å². The summed E-state index contributed by atoms with van der Waals surface area (Å²) in [6.45, 7) is 5.95. The van der Waals surface area contributed by atoms with Crippen molar-refractivity contribution >= 4 is 11.6 Å². The second-order valence-electron chi connectivity index (χ2n) is 4.08. The third-order valence-electron chi connectivity index (χ3n) is 2.62. The lowest BCUT2D eigenvalue weighted by molar-refractivity contribution is 0.0984. The molecule has 1 aromatic heterocycles. The number of hydrogen-bond donors (Lipinski definition) is 0. The highest BCUT2D eigenvalue weighted by atomic mass is 16.2. The molecule has 0 aliphatic carbocycles. The number of para-hydroxylation sites is 1. The number of nitrogens with zero attached hydrogens (tertiary/aromatic N) is 3. The van der Waals surface area contributed by atoms with Crippen LogP contribution in [0.1, 0.15) is 16.2 Å². The minimum Gasteiger partial charge on any atom is -0.303 e. The Labute approximate surface area is 112 Å². The molecule has 2 aromatic rings. The molecule has 0 N–H and O–H groups in total. The van der Waals surface area contributed by atoms with Gasteiger partial charge in [-0.3, -0.25) is 9.78 Å². The van der Waals surface area contributed by atoms with Gasteiger partial charge < -0.3 is 4.90 Å².